The molecule has 5 nitrogen and oxygen atoms in total. The van der Waals surface area contributed by atoms with Crippen molar-refractivity contribution >= 4 is 29.0 Å². The van der Waals surface area contributed by atoms with Crippen molar-refractivity contribution < 1.29 is 4.79 Å². The summed E-state index contributed by atoms with van der Waals surface area (Å²) in [5.41, 5.74) is 5.90. The Hall–Kier alpha value is -0.720. The lowest BCUT2D eigenvalue weighted by molar-refractivity contribution is -0.119. The van der Waals surface area contributed by atoms with Crippen molar-refractivity contribution in [2.75, 3.05) is 13.1 Å². The highest BCUT2D eigenvalue weighted by Gasteiger charge is 2.13. The normalized spacial score (nSPS) is 10.9. The van der Waals surface area contributed by atoms with Crippen LogP contribution in [0.1, 0.15) is 25.5 Å². The largest absolute Gasteiger partial charge is 0.369 e. The first-order valence-electron chi connectivity index (χ1n) is 5.10. The molecule has 16 heavy (non-hydrogen) atoms. The molecule has 0 radical (unpaired) electrons. The van der Waals surface area contributed by atoms with Crippen LogP contribution in [0.2, 0.25) is 4.34 Å². The van der Waals surface area contributed by atoms with Gasteiger partial charge in [0.05, 0.1) is 6.54 Å². The SMILES string of the molecule is CCCCN(CC(N)=O)Cc1nnsc1Cl. The fourth-order valence-corrected chi connectivity index (χ4v) is 1.93. The van der Waals surface area contributed by atoms with Gasteiger partial charge in [0.1, 0.15) is 10.0 Å². The van der Waals surface area contributed by atoms with Crippen molar-refractivity contribution in [2.45, 2.75) is 26.3 Å². The Bertz CT molecular complexity index is 344. The fraction of sp³-hybridized carbons (Fsp3) is 0.667. The number of aromatic nitrogens is 2. The molecule has 1 rings (SSSR count). The first-order valence-corrected chi connectivity index (χ1v) is 6.26. The molecule has 0 unspecified atom stereocenters. The van der Waals surface area contributed by atoms with Crippen LogP contribution >= 0.6 is 23.1 Å². The van der Waals surface area contributed by atoms with Gasteiger partial charge in [-0.25, -0.2) is 0 Å². The highest BCUT2D eigenvalue weighted by molar-refractivity contribution is 7.10. The number of rotatable bonds is 7. The molecule has 0 bridgehead atoms. The van der Waals surface area contributed by atoms with Crippen molar-refractivity contribution in [2.24, 2.45) is 5.73 Å². The Kier molecular flexibility index (Phi) is 5.65. The number of hydrogen-bond acceptors (Lipinski definition) is 5. The summed E-state index contributed by atoms with van der Waals surface area (Å²) in [5, 5.41) is 3.91. The number of amides is 1. The van der Waals surface area contributed by atoms with E-state index in [9.17, 15) is 4.79 Å². The number of halogens is 1. The molecule has 7 heteroatoms. The summed E-state index contributed by atoms with van der Waals surface area (Å²) in [5.74, 6) is -0.338. The summed E-state index contributed by atoms with van der Waals surface area (Å²) in [6, 6.07) is 0. The number of hydrogen-bond donors (Lipinski definition) is 1. The number of nitrogens with two attached hydrogens (primary N) is 1. The number of primary amides is 1. The van der Waals surface area contributed by atoms with Crippen LogP contribution in [0.4, 0.5) is 0 Å². The molecule has 1 aromatic rings. The summed E-state index contributed by atoms with van der Waals surface area (Å²) >= 11 is 7.06. The summed E-state index contributed by atoms with van der Waals surface area (Å²) in [6.07, 6.45) is 2.08. The first-order chi connectivity index (χ1) is 7.63. The third-order valence-electron chi connectivity index (χ3n) is 2.09. The first kappa shape index (κ1) is 13.3. The number of unbranched alkanes of at least 4 members (excludes halogenated alkanes) is 1. The summed E-state index contributed by atoms with van der Waals surface area (Å²) < 4.78 is 4.33. The molecule has 0 saturated carbocycles. The van der Waals surface area contributed by atoms with Crippen LogP contribution in [0.15, 0.2) is 0 Å². The Morgan fingerprint density at radius 1 is 1.62 bits per heavy atom. The van der Waals surface area contributed by atoms with Gasteiger partial charge in [-0.15, -0.1) is 5.10 Å². The minimum absolute atomic E-state index is 0.230. The molecule has 0 aliphatic carbocycles. The van der Waals surface area contributed by atoms with Gasteiger partial charge in [0.2, 0.25) is 5.91 Å². The van der Waals surface area contributed by atoms with Gasteiger partial charge in [-0.05, 0) is 13.0 Å². The monoisotopic (exact) mass is 262 g/mol. The number of carbonyl (C=O) groups excluding carboxylic acids is 1. The smallest absolute Gasteiger partial charge is 0.231 e. The van der Waals surface area contributed by atoms with E-state index in [0.717, 1.165) is 30.9 Å². The van der Waals surface area contributed by atoms with E-state index in [4.69, 9.17) is 17.3 Å². The second-order valence-corrected chi connectivity index (χ2v) is 4.88. The van der Waals surface area contributed by atoms with Crippen molar-refractivity contribution in [1.29, 1.82) is 0 Å². The Morgan fingerprint density at radius 3 is 2.88 bits per heavy atom. The molecular weight excluding hydrogens is 248 g/mol. The van der Waals surface area contributed by atoms with Gasteiger partial charge < -0.3 is 5.73 Å². The third-order valence-corrected chi connectivity index (χ3v) is 3.07. The molecule has 90 valence electrons. The van der Waals surface area contributed by atoms with Crippen LogP contribution in [0.5, 0.6) is 0 Å². The van der Waals surface area contributed by atoms with Gasteiger partial charge in [0.15, 0.2) is 0 Å². The zero-order valence-electron chi connectivity index (χ0n) is 9.15. The van der Waals surface area contributed by atoms with Crippen LogP contribution in [-0.2, 0) is 11.3 Å². The van der Waals surface area contributed by atoms with E-state index in [1.807, 2.05) is 4.90 Å². The minimum Gasteiger partial charge on any atom is -0.369 e. The fourth-order valence-electron chi connectivity index (χ4n) is 1.32. The maximum atomic E-state index is 10.9. The molecule has 1 aromatic heterocycles. The standard InChI is InChI=1S/C9H15ClN4OS/c1-2-3-4-14(6-8(11)15)5-7-9(10)16-13-12-7/h2-6H2,1H3,(H2,11,15). The van der Waals surface area contributed by atoms with E-state index in [-0.39, 0.29) is 12.5 Å². The molecule has 0 saturated heterocycles. The van der Waals surface area contributed by atoms with E-state index in [1.54, 1.807) is 0 Å². The van der Waals surface area contributed by atoms with E-state index >= 15 is 0 Å². The van der Waals surface area contributed by atoms with Crippen molar-refractivity contribution in [3.8, 4) is 0 Å². The topological polar surface area (TPSA) is 72.1 Å². The minimum atomic E-state index is -0.338. The highest BCUT2D eigenvalue weighted by Crippen LogP contribution is 2.18. The molecule has 1 heterocycles. The Morgan fingerprint density at radius 2 is 2.38 bits per heavy atom. The molecule has 0 aromatic carbocycles. The average Bonchev–Trinajstić information content (AvgIpc) is 2.60. The molecule has 0 fully saturated rings. The van der Waals surface area contributed by atoms with E-state index in [2.05, 4.69) is 16.5 Å². The van der Waals surface area contributed by atoms with Crippen LogP contribution in [-0.4, -0.2) is 33.5 Å². The van der Waals surface area contributed by atoms with Crippen molar-refractivity contribution in [3.05, 3.63) is 10.0 Å². The summed E-state index contributed by atoms with van der Waals surface area (Å²) in [6.45, 7) is 3.67. The molecule has 1 amide bonds. The maximum absolute atomic E-state index is 10.9. The van der Waals surface area contributed by atoms with Gasteiger partial charge in [0.25, 0.3) is 0 Å². The van der Waals surface area contributed by atoms with Crippen LogP contribution < -0.4 is 5.73 Å². The van der Waals surface area contributed by atoms with Gasteiger partial charge >= 0.3 is 0 Å². The van der Waals surface area contributed by atoms with Crippen molar-refractivity contribution in [3.63, 3.8) is 0 Å². The lowest BCUT2D eigenvalue weighted by Crippen LogP contribution is -2.34. The van der Waals surface area contributed by atoms with Crippen LogP contribution in [0.3, 0.4) is 0 Å². The Labute approximate surface area is 104 Å². The maximum Gasteiger partial charge on any atom is 0.231 e. The zero-order chi connectivity index (χ0) is 12.0. The third kappa shape index (κ3) is 4.42. The van der Waals surface area contributed by atoms with Gasteiger partial charge in [-0.3, -0.25) is 9.69 Å². The molecule has 0 aliphatic rings. The van der Waals surface area contributed by atoms with Crippen LogP contribution in [0.25, 0.3) is 0 Å². The van der Waals surface area contributed by atoms with E-state index in [1.165, 1.54) is 0 Å². The lowest BCUT2D eigenvalue weighted by atomic mass is 10.3. The zero-order valence-corrected chi connectivity index (χ0v) is 10.7. The average molecular weight is 263 g/mol. The predicted octanol–water partition coefficient (Wildman–Crippen LogP) is 1.28. The number of carbonyl (C=O) groups is 1. The Balaban J connectivity index is 2.55. The molecular formula is C9H15ClN4OS. The lowest BCUT2D eigenvalue weighted by Gasteiger charge is -2.18. The van der Waals surface area contributed by atoms with E-state index in [0.29, 0.717) is 16.6 Å². The summed E-state index contributed by atoms with van der Waals surface area (Å²) in [4.78, 5) is 12.8. The molecule has 2 N–H and O–H groups in total. The quantitative estimate of drug-likeness (QED) is 0.803. The van der Waals surface area contributed by atoms with Gasteiger partial charge in [0, 0.05) is 18.1 Å². The van der Waals surface area contributed by atoms with Crippen molar-refractivity contribution in [1.82, 2.24) is 14.5 Å². The second kappa shape index (κ2) is 6.78. The number of nitrogens with zero attached hydrogens (tertiary/aromatic N) is 3. The van der Waals surface area contributed by atoms with E-state index < -0.39 is 0 Å². The highest BCUT2D eigenvalue weighted by atomic mass is 35.5. The molecule has 0 atom stereocenters. The van der Waals surface area contributed by atoms with Gasteiger partial charge in [-0.1, -0.05) is 29.4 Å². The van der Waals surface area contributed by atoms with Crippen LogP contribution in [0, 0.1) is 0 Å². The molecule has 0 aliphatic heterocycles. The predicted molar refractivity (Wildman–Crippen MR) is 64.3 cm³/mol. The molecule has 0 spiro atoms. The summed E-state index contributed by atoms with van der Waals surface area (Å²) in [7, 11) is 0. The van der Waals surface area contributed by atoms with Gasteiger partial charge in [-0.2, -0.15) is 0 Å². The second-order valence-electron chi connectivity index (χ2n) is 3.52.